The van der Waals surface area contributed by atoms with Gasteiger partial charge >= 0.3 is 88.7 Å². The SMILES string of the molecule is CC1(C)C(/C=C/C2=C(Cl)C(=C/C=C3/N(CCCCS(=O)(=O)[O-])c4ccc5cc(SOO[O-])ccc5c4C3(C)C)/CCC2)=[N+](CCCCSOO[O-])c2ccc3cc(S(=O)(=O)[O-])ccc3c21.[Na+].[Na+].[Na+]. The second-order valence-electron chi connectivity index (χ2n) is 17.2. The van der Waals surface area contributed by atoms with Gasteiger partial charge in [-0.2, -0.15) is 13.2 Å². The molecule has 0 radical (unpaired) electrons. The average molecular weight is 1050 g/mol. The number of allylic oxidation sites excluding steroid dienone is 8. The number of anilines is 1. The van der Waals surface area contributed by atoms with Gasteiger partial charge in [0.2, 0.25) is 5.69 Å². The monoisotopic (exact) mass is 1050 g/mol. The standard InChI is InChI=1S/C46H51ClN2O12S4.3Na/c1-45(2)41(49(25-6-8-27-64(52,53)54)38-20-12-32-28-34(63-61-59-51)16-18-36(32)42(38)45)23-15-31-11-9-10-30(44(31)47)14-22-40-46(3,4)43-37-19-17-35(65(55,56)57)29-33(37)13-21-39(43)48(40)24-5-7-26-62-60-58-50;;;/h12-23,28-29H,5-11,24-27H2,1-4H3,(H3-,50,51,52,53,54,55,56,57);;;/q;3*+1/p-3. The first-order valence-electron chi connectivity index (χ1n) is 21.0. The van der Waals surface area contributed by atoms with E-state index >= 15 is 0 Å². The third-order valence-corrected chi connectivity index (χ3v) is 15.7. The number of fused-ring (bicyclic) bond motifs is 6. The van der Waals surface area contributed by atoms with Crippen molar-refractivity contribution < 1.29 is 148 Å². The first kappa shape index (κ1) is 60.0. The Bertz CT molecular complexity index is 2890. The molecule has 348 valence electrons. The van der Waals surface area contributed by atoms with Crippen molar-refractivity contribution in [3.63, 3.8) is 0 Å². The summed E-state index contributed by atoms with van der Waals surface area (Å²) in [5.41, 5.74) is 6.91. The summed E-state index contributed by atoms with van der Waals surface area (Å²) in [6.07, 6.45) is 12.9. The predicted octanol–water partition coefficient (Wildman–Crippen LogP) is -0.666. The van der Waals surface area contributed by atoms with Gasteiger partial charge in [0.05, 0.1) is 32.5 Å². The summed E-state index contributed by atoms with van der Waals surface area (Å²) in [5.74, 6) is 0.111. The van der Waals surface area contributed by atoms with Gasteiger partial charge in [0.25, 0.3) is 0 Å². The van der Waals surface area contributed by atoms with E-state index in [-0.39, 0.29) is 100.0 Å². The van der Waals surface area contributed by atoms with Crippen LogP contribution in [0.4, 0.5) is 11.4 Å². The summed E-state index contributed by atoms with van der Waals surface area (Å²) in [6.45, 7) is 9.66. The minimum atomic E-state index is -4.65. The van der Waals surface area contributed by atoms with Crippen LogP contribution < -0.4 is 104 Å². The zero-order valence-corrected chi connectivity index (χ0v) is 49.2. The second-order valence-corrected chi connectivity index (χ2v) is 22.0. The zero-order chi connectivity index (χ0) is 46.7. The minimum Gasteiger partial charge on any atom is -0.748 e. The number of benzene rings is 4. The molecular formula is C46H48ClN2Na3O12S4. The molecule has 0 bridgehead atoms. The molecule has 0 aromatic heterocycles. The van der Waals surface area contributed by atoms with E-state index in [1.807, 2.05) is 42.5 Å². The fourth-order valence-electron chi connectivity index (χ4n) is 9.49. The van der Waals surface area contributed by atoms with Gasteiger partial charge in [-0.1, -0.05) is 55.8 Å². The molecule has 4 aromatic carbocycles. The molecule has 68 heavy (non-hydrogen) atoms. The van der Waals surface area contributed by atoms with Crippen LogP contribution in [-0.4, -0.2) is 60.8 Å². The van der Waals surface area contributed by atoms with Crippen LogP contribution >= 0.6 is 35.7 Å². The van der Waals surface area contributed by atoms with Crippen molar-refractivity contribution in [3.05, 3.63) is 118 Å². The molecule has 3 aliphatic rings. The molecule has 2 aliphatic heterocycles. The molecule has 0 saturated carbocycles. The van der Waals surface area contributed by atoms with Crippen LogP contribution in [0, 0.1) is 0 Å². The van der Waals surface area contributed by atoms with Gasteiger partial charge in [0.15, 0.2) is 5.71 Å². The van der Waals surface area contributed by atoms with Crippen LogP contribution in [0.2, 0.25) is 0 Å². The van der Waals surface area contributed by atoms with Crippen LogP contribution in [0.3, 0.4) is 0 Å². The van der Waals surface area contributed by atoms with E-state index in [0.29, 0.717) is 40.6 Å². The summed E-state index contributed by atoms with van der Waals surface area (Å²) in [6, 6.07) is 18.1. The normalized spacial score (nSPS) is 17.8. The third kappa shape index (κ3) is 13.6. The summed E-state index contributed by atoms with van der Waals surface area (Å²) in [4.78, 5) is 2.60. The van der Waals surface area contributed by atoms with Gasteiger partial charge in [0, 0.05) is 80.9 Å². The van der Waals surface area contributed by atoms with Crippen LogP contribution in [0.15, 0.2) is 117 Å². The Morgan fingerprint density at radius 1 is 0.779 bits per heavy atom. The predicted molar refractivity (Wildman–Crippen MR) is 247 cm³/mol. The van der Waals surface area contributed by atoms with Gasteiger partial charge in [-0.15, -0.1) is 0 Å². The van der Waals surface area contributed by atoms with Gasteiger partial charge in [-0.3, -0.25) is 10.1 Å². The van der Waals surface area contributed by atoms with Crippen molar-refractivity contribution in [2.75, 3.05) is 29.5 Å². The quantitative estimate of drug-likeness (QED) is 0.0218. The average Bonchev–Trinajstić information content (AvgIpc) is 3.61. The van der Waals surface area contributed by atoms with Crippen molar-refractivity contribution in [2.24, 2.45) is 0 Å². The summed E-state index contributed by atoms with van der Waals surface area (Å²) < 4.78 is 81.4. The molecule has 0 N–H and O–H groups in total. The maximum Gasteiger partial charge on any atom is 1.00 e. The Morgan fingerprint density at radius 2 is 1.47 bits per heavy atom. The Morgan fingerprint density at radius 3 is 2.18 bits per heavy atom. The number of hydrogen-bond donors (Lipinski definition) is 0. The summed E-state index contributed by atoms with van der Waals surface area (Å²) in [7, 11) is -9.01. The molecule has 22 heteroatoms. The Balaban J connectivity index is 0.00000336. The minimum absolute atomic E-state index is 0. The van der Waals surface area contributed by atoms with E-state index in [4.69, 9.17) is 11.6 Å². The zero-order valence-electron chi connectivity index (χ0n) is 39.2. The molecule has 0 saturated heterocycles. The molecule has 4 aromatic rings. The molecule has 2 heterocycles. The van der Waals surface area contributed by atoms with Crippen LogP contribution in [0.5, 0.6) is 0 Å². The molecule has 0 spiro atoms. The number of nitrogens with zero attached hydrogens (tertiary/aromatic N) is 2. The van der Waals surface area contributed by atoms with E-state index in [1.54, 1.807) is 6.07 Å². The molecule has 0 amide bonds. The second kappa shape index (κ2) is 25.6. The fourth-order valence-corrected chi connectivity index (χ4v) is 11.7. The van der Waals surface area contributed by atoms with Gasteiger partial charge in [0.1, 0.15) is 16.7 Å². The third-order valence-electron chi connectivity index (χ3n) is 12.4. The topological polar surface area (TPSA) is 204 Å². The number of hydrogen-bond acceptors (Lipinski definition) is 15. The molecule has 1 aliphatic carbocycles. The van der Waals surface area contributed by atoms with E-state index in [9.17, 15) is 36.5 Å². The summed E-state index contributed by atoms with van der Waals surface area (Å²) in [5, 5.41) is 31.9. The maximum absolute atomic E-state index is 11.9. The molecule has 0 unspecified atom stereocenters. The van der Waals surface area contributed by atoms with Crippen molar-refractivity contribution in [2.45, 2.75) is 93.3 Å². The van der Waals surface area contributed by atoms with Crippen LogP contribution in [0.25, 0.3) is 21.5 Å². The van der Waals surface area contributed by atoms with Gasteiger partial charge in [-0.25, -0.2) is 16.8 Å². The van der Waals surface area contributed by atoms with E-state index < -0.39 is 36.8 Å². The number of unbranched alkanes of at least 4 members (excludes halogenated alkanes) is 2. The Kier molecular flexibility index (Phi) is 22.5. The van der Waals surface area contributed by atoms with Gasteiger partial charge < -0.3 is 24.5 Å². The maximum atomic E-state index is 11.9. The molecular weight excluding hydrogens is 1010 g/mol. The van der Waals surface area contributed by atoms with E-state index in [1.165, 1.54) is 12.1 Å². The molecule has 0 atom stereocenters. The first-order valence-corrected chi connectivity index (χ1v) is 26.0. The Labute approximate surface area is 478 Å². The van der Waals surface area contributed by atoms with Crippen LogP contribution in [0.1, 0.15) is 83.8 Å². The smallest absolute Gasteiger partial charge is 0.748 e. The fraction of sp³-hybridized carbons (Fsp3) is 0.370. The van der Waals surface area contributed by atoms with Crippen molar-refractivity contribution in [1.82, 2.24) is 0 Å². The number of rotatable bonds is 19. The molecule has 0 fully saturated rings. The molecule has 14 nitrogen and oxygen atoms in total. The first-order chi connectivity index (χ1) is 30.9. The largest absolute Gasteiger partial charge is 1.00 e. The molecule has 7 rings (SSSR count). The van der Waals surface area contributed by atoms with Crippen molar-refractivity contribution >= 4 is 94.6 Å². The van der Waals surface area contributed by atoms with Gasteiger partial charge in [-0.05, 0) is 133 Å². The van der Waals surface area contributed by atoms with E-state index in [0.717, 1.165) is 117 Å². The van der Waals surface area contributed by atoms with Crippen LogP contribution in [-0.2, 0) is 49.8 Å². The number of halogens is 1. The Hall–Kier alpha value is -0.600. The van der Waals surface area contributed by atoms with E-state index in [2.05, 4.69) is 80.2 Å². The van der Waals surface area contributed by atoms with Crippen molar-refractivity contribution in [3.8, 4) is 0 Å². The summed E-state index contributed by atoms with van der Waals surface area (Å²) >= 11 is 9.07. The van der Waals surface area contributed by atoms with Crippen molar-refractivity contribution in [1.29, 1.82) is 0 Å².